The zero-order valence-corrected chi connectivity index (χ0v) is 15.6. The lowest BCUT2D eigenvalue weighted by molar-refractivity contribution is 0.136. The van der Waals surface area contributed by atoms with E-state index in [1.165, 1.54) is 43.2 Å². The second-order valence-electron chi connectivity index (χ2n) is 6.16. The average molecular weight is 326 g/mol. The van der Waals surface area contributed by atoms with Gasteiger partial charge in [0.05, 0.1) is 13.2 Å². The number of aliphatic hydroxyl groups excluding tert-OH is 1. The van der Waals surface area contributed by atoms with E-state index in [1.807, 2.05) is 0 Å². The first-order valence-electron chi connectivity index (χ1n) is 8.92. The summed E-state index contributed by atoms with van der Waals surface area (Å²) in [7, 11) is 1.76. The van der Waals surface area contributed by atoms with Crippen molar-refractivity contribution in [3.05, 3.63) is 29.3 Å². The molecular weight excluding hydrogens is 291 g/mol. The van der Waals surface area contributed by atoms with Gasteiger partial charge in [-0.15, -0.1) is 0 Å². The molecule has 0 unspecified atom stereocenters. The molecule has 1 aromatic carbocycles. The maximum atomic E-state index is 11.1. The zero-order chi connectivity index (χ0) is 17.7. The van der Waals surface area contributed by atoms with Gasteiger partial charge in [-0.25, -0.2) is 4.39 Å². The van der Waals surface area contributed by atoms with Crippen molar-refractivity contribution in [1.82, 2.24) is 0 Å². The van der Waals surface area contributed by atoms with Crippen LogP contribution in [0.5, 0.6) is 5.75 Å². The van der Waals surface area contributed by atoms with Crippen LogP contribution in [0.25, 0.3) is 0 Å². The predicted octanol–water partition coefficient (Wildman–Crippen LogP) is 5.35. The van der Waals surface area contributed by atoms with Gasteiger partial charge in [-0.3, -0.25) is 0 Å². The molecule has 1 aliphatic rings. The zero-order valence-electron chi connectivity index (χ0n) is 15.6. The average Bonchev–Trinajstić information content (AvgIpc) is 2.60. The molecule has 0 saturated heterocycles. The molecular formula is C20H35FO2. The van der Waals surface area contributed by atoms with E-state index in [1.54, 1.807) is 14.0 Å². The van der Waals surface area contributed by atoms with Crippen molar-refractivity contribution in [2.24, 2.45) is 5.92 Å². The smallest absolute Gasteiger partial charge is 0.122 e. The Morgan fingerprint density at radius 1 is 1.26 bits per heavy atom. The van der Waals surface area contributed by atoms with Crippen molar-refractivity contribution < 1.29 is 14.2 Å². The minimum atomic E-state index is -0.731. The number of alkyl halides is 1. The molecule has 0 aliphatic heterocycles. The monoisotopic (exact) mass is 326 g/mol. The summed E-state index contributed by atoms with van der Waals surface area (Å²) in [5, 5.41) is 8.29. The van der Waals surface area contributed by atoms with Crippen molar-refractivity contribution in [2.75, 3.05) is 13.8 Å². The Bertz CT molecular complexity index is 401. The molecule has 0 radical (unpaired) electrons. The molecule has 1 aromatic rings. The number of benzene rings is 1. The first-order valence-corrected chi connectivity index (χ1v) is 8.92. The fraction of sp³-hybridized carbons (Fsp3) is 0.700. The quantitative estimate of drug-likeness (QED) is 0.808. The lowest BCUT2D eigenvalue weighted by Crippen LogP contribution is -2.12. The van der Waals surface area contributed by atoms with Gasteiger partial charge in [0, 0.05) is 0 Å². The van der Waals surface area contributed by atoms with E-state index < -0.39 is 12.8 Å². The number of fused-ring (bicyclic) bond motifs is 1. The summed E-state index contributed by atoms with van der Waals surface area (Å²) in [6.07, 6.45) is 6.11. The first-order chi connectivity index (χ1) is 11.0. The second-order valence-corrected chi connectivity index (χ2v) is 6.16. The second kappa shape index (κ2) is 13.4. The molecule has 23 heavy (non-hydrogen) atoms. The van der Waals surface area contributed by atoms with Gasteiger partial charge in [0.25, 0.3) is 0 Å². The van der Waals surface area contributed by atoms with E-state index >= 15 is 0 Å². The van der Waals surface area contributed by atoms with Crippen LogP contribution in [0, 0.1) is 5.92 Å². The van der Waals surface area contributed by atoms with Crippen molar-refractivity contribution in [2.45, 2.75) is 72.3 Å². The molecule has 0 saturated carbocycles. The largest absolute Gasteiger partial charge is 0.496 e. The van der Waals surface area contributed by atoms with Gasteiger partial charge in [-0.1, -0.05) is 52.7 Å². The van der Waals surface area contributed by atoms with E-state index in [0.717, 1.165) is 11.7 Å². The van der Waals surface area contributed by atoms with Gasteiger partial charge in [-0.2, -0.15) is 0 Å². The van der Waals surface area contributed by atoms with Gasteiger partial charge in [0.1, 0.15) is 12.4 Å². The number of hydrogen-bond donors (Lipinski definition) is 1. The number of halogens is 1. The maximum absolute atomic E-state index is 11.1. The maximum Gasteiger partial charge on any atom is 0.122 e. The summed E-state index contributed by atoms with van der Waals surface area (Å²) in [6.45, 7) is 7.81. The number of methoxy groups -OCH3 is 1. The minimum Gasteiger partial charge on any atom is -0.496 e. The Morgan fingerprint density at radius 3 is 2.35 bits per heavy atom. The van der Waals surface area contributed by atoms with Gasteiger partial charge in [0.15, 0.2) is 0 Å². The highest BCUT2D eigenvalue weighted by Gasteiger charge is 2.17. The van der Waals surface area contributed by atoms with Crippen LogP contribution in [0.3, 0.4) is 0 Å². The molecule has 0 spiro atoms. The van der Waals surface area contributed by atoms with E-state index in [2.05, 4.69) is 39.0 Å². The Balaban J connectivity index is 0.000000407. The molecule has 0 fully saturated rings. The number of rotatable bonds is 4. The van der Waals surface area contributed by atoms with Crippen molar-refractivity contribution >= 4 is 0 Å². The number of unbranched alkanes of at least 4 members (excludes halogenated alkanes) is 1. The van der Waals surface area contributed by atoms with Gasteiger partial charge >= 0.3 is 0 Å². The molecule has 0 amide bonds. The Kier molecular flexibility index (Phi) is 12.7. The van der Waals surface area contributed by atoms with Gasteiger partial charge < -0.3 is 9.84 Å². The molecule has 1 aliphatic carbocycles. The molecule has 1 N–H and O–H groups in total. The van der Waals surface area contributed by atoms with Gasteiger partial charge in [-0.05, 0) is 48.8 Å². The fourth-order valence-corrected chi connectivity index (χ4v) is 2.25. The normalized spacial score (nSPS) is 16.9. The molecule has 2 rings (SSSR count). The summed E-state index contributed by atoms with van der Waals surface area (Å²) < 4.78 is 16.5. The molecule has 0 bridgehead atoms. The van der Waals surface area contributed by atoms with Crippen LogP contribution < -0.4 is 4.74 Å². The predicted molar refractivity (Wildman–Crippen MR) is 97.0 cm³/mol. The van der Waals surface area contributed by atoms with E-state index in [-0.39, 0.29) is 0 Å². The lowest BCUT2D eigenvalue weighted by atomic mass is 9.84. The van der Waals surface area contributed by atoms with Crippen molar-refractivity contribution in [1.29, 1.82) is 0 Å². The van der Waals surface area contributed by atoms with E-state index in [9.17, 15) is 4.39 Å². The third kappa shape index (κ3) is 8.95. The number of aliphatic hydroxyl groups is 1. The highest BCUT2D eigenvalue weighted by Crippen LogP contribution is 2.31. The Morgan fingerprint density at radius 2 is 1.91 bits per heavy atom. The van der Waals surface area contributed by atoms with Crippen LogP contribution in [0.2, 0.25) is 0 Å². The highest BCUT2D eigenvalue weighted by molar-refractivity contribution is 5.41. The topological polar surface area (TPSA) is 29.5 Å². The van der Waals surface area contributed by atoms with Crippen molar-refractivity contribution in [3.8, 4) is 5.75 Å². The third-order valence-corrected chi connectivity index (χ3v) is 4.05. The van der Waals surface area contributed by atoms with Crippen LogP contribution in [0.4, 0.5) is 4.39 Å². The van der Waals surface area contributed by atoms with Crippen LogP contribution in [-0.4, -0.2) is 25.0 Å². The lowest BCUT2D eigenvalue weighted by Gasteiger charge is -2.22. The standard InChI is InChI=1S/C12H16O.C4H9FO.C4H10/c1-9-6-7-11-10(8-9)4-3-5-12(11)13-2;1-2-4(6)3-5;1-3-4-2/h3-5,9H,6-8H2,1-2H3;4,6H,2-3H2,1H3;3-4H2,1-2H3/t9-;4-;/m01./s1. The summed E-state index contributed by atoms with van der Waals surface area (Å²) in [4.78, 5) is 0. The summed E-state index contributed by atoms with van der Waals surface area (Å²) >= 11 is 0. The van der Waals surface area contributed by atoms with Crippen LogP contribution >= 0.6 is 0 Å². The number of hydrogen-bond acceptors (Lipinski definition) is 2. The van der Waals surface area contributed by atoms with Crippen LogP contribution in [-0.2, 0) is 12.8 Å². The van der Waals surface area contributed by atoms with E-state index in [4.69, 9.17) is 9.84 Å². The van der Waals surface area contributed by atoms with E-state index in [0.29, 0.717) is 6.42 Å². The van der Waals surface area contributed by atoms with Crippen molar-refractivity contribution in [3.63, 3.8) is 0 Å². The molecule has 0 aromatic heterocycles. The first kappa shape index (κ1) is 21.9. The highest BCUT2D eigenvalue weighted by atomic mass is 19.1. The molecule has 134 valence electrons. The third-order valence-electron chi connectivity index (χ3n) is 4.05. The molecule has 2 atom stereocenters. The SMILES string of the molecule is CCCC.CC[C@@H](O)CF.COc1cccc2c1CC[C@H](C)C2. The summed E-state index contributed by atoms with van der Waals surface area (Å²) in [6, 6.07) is 6.39. The summed E-state index contributed by atoms with van der Waals surface area (Å²) in [5.41, 5.74) is 2.92. The Hall–Kier alpha value is -1.09. The fourth-order valence-electron chi connectivity index (χ4n) is 2.25. The van der Waals surface area contributed by atoms with Crippen LogP contribution in [0.15, 0.2) is 18.2 Å². The Labute approximate surface area is 142 Å². The number of ether oxygens (including phenoxy) is 1. The molecule has 0 heterocycles. The van der Waals surface area contributed by atoms with Crippen LogP contribution in [0.1, 0.15) is 64.5 Å². The molecule has 2 nitrogen and oxygen atoms in total. The minimum absolute atomic E-state index is 0.510. The van der Waals surface area contributed by atoms with Gasteiger partial charge in [0.2, 0.25) is 0 Å². The molecule has 3 heteroatoms. The summed E-state index contributed by atoms with van der Waals surface area (Å²) in [5.74, 6) is 1.91.